The van der Waals surface area contributed by atoms with Gasteiger partial charge in [0.15, 0.2) is 34.5 Å². The highest BCUT2D eigenvalue weighted by Gasteiger charge is 2.45. The molecular weight excluding hydrogens is 1200 g/mol. The van der Waals surface area contributed by atoms with Crippen LogP contribution in [-0.4, -0.2) is 57.0 Å². The lowest BCUT2D eigenvalue weighted by Crippen LogP contribution is -3.61. The average molecular weight is 1290 g/mol. The molecule has 0 spiro atoms. The first-order valence-corrected chi connectivity index (χ1v) is 33.8. The van der Waals surface area contributed by atoms with Gasteiger partial charge in [0.1, 0.15) is 23.0 Å². The molecule has 0 saturated heterocycles. The van der Waals surface area contributed by atoms with Crippen molar-refractivity contribution in [2.45, 2.75) is 186 Å². The third kappa shape index (κ3) is 31.8. The first-order chi connectivity index (χ1) is 35.1. The Bertz CT molecular complexity index is 1910. The molecule has 0 aliphatic carbocycles. The molecule has 4 aromatic rings. The van der Waals surface area contributed by atoms with Crippen molar-refractivity contribution in [3.8, 4) is 23.0 Å². The van der Waals surface area contributed by atoms with Crippen molar-refractivity contribution in [2.75, 3.05) is 26.4 Å². The second kappa shape index (κ2) is 40.5. The maximum Gasteiger partial charge on any atom is 0.422 e. The summed E-state index contributed by atoms with van der Waals surface area (Å²) in [5.41, 5.74) is 0. The lowest BCUT2D eigenvalue weighted by atomic mass is 10.1. The summed E-state index contributed by atoms with van der Waals surface area (Å²) in [6.07, 6.45) is 31.2. The topological polar surface area (TPSA) is 151 Å². The van der Waals surface area contributed by atoms with Crippen LogP contribution in [0.15, 0.2) is 97.1 Å². The van der Waals surface area contributed by atoms with Crippen LogP contribution in [0, 0.1) is 14.3 Å². The minimum absolute atomic E-state index is 0.160. The zero-order chi connectivity index (χ0) is 53.5. The summed E-state index contributed by atoms with van der Waals surface area (Å²) in [5, 5.41) is 0. The minimum Gasteiger partial charge on any atom is -0.743 e. The van der Waals surface area contributed by atoms with Crippen molar-refractivity contribution in [2.24, 2.45) is 0 Å². The van der Waals surface area contributed by atoms with Crippen LogP contribution in [0.2, 0.25) is 0 Å². The van der Waals surface area contributed by atoms with Gasteiger partial charge in [-0.15, -0.1) is 0 Å². The molecule has 73 heavy (non-hydrogen) atoms. The second-order valence-electron chi connectivity index (χ2n) is 17.8. The van der Waals surface area contributed by atoms with Gasteiger partial charge in [0, 0.05) is 0 Å². The van der Waals surface area contributed by atoms with Gasteiger partial charge in [0.2, 0.25) is 0 Å². The highest BCUT2D eigenvalue weighted by atomic mass is 127. The molecule has 0 amide bonds. The van der Waals surface area contributed by atoms with E-state index in [0.29, 0.717) is 0 Å². The largest absolute Gasteiger partial charge is 0.743 e. The van der Waals surface area contributed by atoms with Gasteiger partial charge < -0.3 is 28.1 Å². The van der Waals surface area contributed by atoms with E-state index in [1.54, 1.807) is 0 Å². The van der Waals surface area contributed by atoms with Crippen molar-refractivity contribution in [3.05, 3.63) is 111 Å². The number of hydrogen-bond acceptors (Lipinski definition) is 10. The number of ether oxygens (including phenoxy) is 4. The van der Waals surface area contributed by atoms with Crippen LogP contribution in [0.25, 0.3) is 0 Å². The fraction of sp³-hybridized carbons (Fsp3) is 0.579. The maximum atomic E-state index is 11.6. The predicted octanol–water partition coefficient (Wildman–Crippen LogP) is 9.21. The van der Waals surface area contributed by atoms with Crippen LogP contribution >= 0.6 is 0 Å². The molecule has 0 saturated carbocycles. The molecule has 0 N–H and O–H groups in total. The normalized spacial score (nSPS) is 11.5. The number of rotatable bonds is 38. The summed E-state index contributed by atoms with van der Waals surface area (Å²) >= 11 is -0.320. The van der Waals surface area contributed by atoms with Gasteiger partial charge in [-0.1, -0.05) is 156 Å². The average Bonchev–Trinajstić information content (AvgIpc) is 3.37. The minimum atomic E-state index is -6.44. The van der Waals surface area contributed by atoms with Gasteiger partial charge in [-0.05, 0) is 123 Å². The van der Waals surface area contributed by atoms with Crippen LogP contribution in [0.3, 0.4) is 0 Å². The summed E-state index contributed by atoms with van der Waals surface area (Å²) in [7, 11) is -12.9. The van der Waals surface area contributed by atoms with E-state index < -0.39 is 24.8 Å². The molecule has 10 nitrogen and oxygen atoms in total. The van der Waals surface area contributed by atoms with E-state index in [1.807, 2.05) is 0 Å². The number of benzene rings is 4. The molecule has 0 bridgehead atoms. The van der Waals surface area contributed by atoms with E-state index in [-0.39, 0.29) is 42.4 Å². The standard InChI is InChI=1S/2C28H42IO2.CH2F2O6S2/c2*1-3-5-7-9-11-13-23-30-27-19-15-25(16-20-27)29-26-17-21-28(22-18-26)31-24-14-12-10-8-6-4-2;2-1(3,10(4,5)6)11(7,8)9/h2*15-22H,3-14,23-24H2,1-2H3;(H,4,5,6)(H,7,8,9)/q2*+1;/p-2. The molecule has 4 rings (SSSR count). The van der Waals surface area contributed by atoms with Gasteiger partial charge in [-0.2, -0.15) is 8.78 Å². The molecule has 0 heterocycles. The first-order valence-electron chi connectivity index (χ1n) is 26.6. The molecule has 0 aliphatic heterocycles. The highest BCUT2D eigenvalue weighted by molar-refractivity contribution is 8.04. The van der Waals surface area contributed by atoms with Crippen LogP contribution in [-0.2, 0) is 20.2 Å². The van der Waals surface area contributed by atoms with Crippen molar-refractivity contribution in [1.82, 2.24) is 0 Å². The Hall–Kier alpha value is -2.78. The third-order valence-electron chi connectivity index (χ3n) is 11.3. The molecule has 0 unspecified atom stereocenters. The molecule has 0 aliphatic rings. The van der Waals surface area contributed by atoms with E-state index >= 15 is 0 Å². The zero-order valence-electron chi connectivity index (χ0n) is 43.9. The lowest BCUT2D eigenvalue weighted by molar-refractivity contribution is -0.597. The highest BCUT2D eigenvalue weighted by Crippen LogP contribution is 2.26. The van der Waals surface area contributed by atoms with Crippen LogP contribution in [0.1, 0.15) is 182 Å². The molecule has 0 atom stereocenters. The number of unbranched alkanes of at least 4 members (excludes halogenated alkanes) is 20. The van der Waals surface area contributed by atoms with Gasteiger partial charge in [0.25, 0.3) is 0 Å². The van der Waals surface area contributed by atoms with Crippen molar-refractivity contribution in [3.63, 3.8) is 0 Å². The molecule has 4 aromatic carbocycles. The fourth-order valence-electron chi connectivity index (χ4n) is 7.04. The van der Waals surface area contributed by atoms with Crippen molar-refractivity contribution >= 4 is 20.2 Å². The Morgan fingerprint density at radius 1 is 0.342 bits per heavy atom. The first kappa shape index (κ1) is 66.3. The summed E-state index contributed by atoms with van der Waals surface area (Å²) in [5.74, 6) is 4.00. The molecule has 0 aromatic heterocycles. The van der Waals surface area contributed by atoms with Crippen LogP contribution in [0.5, 0.6) is 23.0 Å². The quantitative estimate of drug-likeness (QED) is 0.0241. The van der Waals surface area contributed by atoms with E-state index in [2.05, 4.69) is 125 Å². The van der Waals surface area contributed by atoms with E-state index in [1.165, 1.54) is 143 Å². The van der Waals surface area contributed by atoms with E-state index in [9.17, 15) is 34.7 Å². The predicted molar refractivity (Wildman–Crippen MR) is 280 cm³/mol. The SMILES string of the molecule is CCCCCCCCOc1ccc([I+]c2ccc(OCCCCCCCC)cc2)cc1.CCCCCCCCOc1ccc([I+]c2ccc(OCCCCCCCC)cc2)cc1.O=S(=O)([O-])C(F)(F)S(=O)(=O)[O-]. The number of hydrogen-bond donors (Lipinski definition) is 0. The van der Waals surface area contributed by atoms with E-state index in [4.69, 9.17) is 18.9 Å². The smallest absolute Gasteiger partial charge is 0.422 e. The number of alkyl halides is 2. The van der Waals surface area contributed by atoms with Crippen LogP contribution in [0.4, 0.5) is 8.78 Å². The monoisotopic (exact) mass is 1280 g/mol. The molecular formula is C57H84F2I2O10S2. The Morgan fingerprint density at radius 2 is 0.521 bits per heavy atom. The Labute approximate surface area is 459 Å². The lowest BCUT2D eigenvalue weighted by Gasteiger charge is -2.21. The fourth-order valence-corrected chi connectivity index (χ4v) is 12.4. The zero-order valence-corrected chi connectivity index (χ0v) is 49.9. The third-order valence-corrected chi connectivity index (χ3v) is 19.1. The van der Waals surface area contributed by atoms with Gasteiger partial charge in [-0.3, -0.25) is 0 Å². The van der Waals surface area contributed by atoms with Gasteiger partial charge in [-0.25, -0.2) is 16.8 Å². The van der Waals surface area contributed by atoms with E-state index in [0.717, 1.165) is 75.1 Å². The molecule has 412 valence electrons. The summed E-state index contributed by atoms with van der Waals surface area (Å²) in [4.78, 5) is 0. The summed E-state index contributed by atoms with van der Waals surface area (Å²) in [6, 6.07) is 34.9. The number of halogens is 4. The van der Waals surface area contributed by atoms with Crippen LogP contribution < -0.4 is 61.4 Å². The second-order valence-corrected chi connectivity index (χ2v) is 27.0. The summed E-state index contributed by atoms with van der Waals surface area (Å²) < 4.78 is 103. The molecule has 16 heteroatoms. The van der Waals surface area contributed by atoms with Crippen molar-refractivity contribution < 1.29 is 96.1 Å². The molecule has 0 radical (unpaired) electrons. The Morgan fingerprint density at radius 3 is 0.685 bits per heavy atom. The summed E-state index contributed by atoms with van der Waals surface area (Å²) in [6.45, 7) is 12.4. The van der Waals surface area contributed by atoms with Gasteiger partial charge >= 0.3 is 47.0 Å². The maximum absolute atomic E-state index is 11.6. The Kier molecular flexibility index (Phi) is 36.8. The molecule has 0 fully saturated rings. The Balaban J connectivity index is 0.000000416. The van der Waals surface area contributed by atoms with Gasteiger partial charge in [0.05, 0.1) is 26.4 Å². The van der Waals surface area contributed by atoms with Crippen molar-refractivity contribution in [1.29, 1.82) is 0 Å².